The van der Waals surface area contributed by atoms with Gasteiger partial charge in [-0.1, -0.05) is 126 Å². The van der Waals surface area contributed by atoms with E-state index in [0.29, 0.717) is 11.1 Å². The first-order valence-corrected chi connectivity index (χ1v) is 18.5. The van der Waals surface area contributed by atoms with Gasteiger partial charge < -0.3 is 10.2 Å². The van der Waals surface area contributed by atoms with E-state index in [1.54, 1.807) is 0 Å². The molecule has 4 nitrogen and oxygen atoms in total. The van der Waals surface area contributed by atoms with Gasteiger partial charge in [-0.2, -0.15) is 10.5 Å². The normalized spacial score (nSPS) is 12.4. The van der Waals surface area contributed by atoms with Crippen LogP contribution in [0, 0.1) is 22.7 Å². The first-order valence-electron chi connectivity index (χ1n) is 18.5. The van der Waals surface area contributed by atoms with Crippen LogP contribution in [0.4, 0.5) is 22.7 Å². The van der Waals surface area contributed by atoms with Crippen LogP contribution in [-0.4, -0.2) is 0 Å². The molecule has 0 heterocycles. The maximum atomic E-state index is 9.74. The molecule has 0 aliphatic rings. The lowest BCUT2D eigenvalue weighted by Crippen LogP contribution is -2.32. The van der Waals surface area contributed by atoms with Gasteiger partial charge in [-0.25, -0.2) is 0 Å². The van der Waals surface area contributed by atoms with Crippen LogP contribution in [0.1, 0.15) is 68.5 Å². The van der Waals surface area contributed by atoms with Crippen molar-refractivity contribution in [3.63, 3.8) is 0 Å². The Bertz CT molecular complexity index is 2710. The summed E-state index contributed by atoms with van der Waals surface area (Å²) in [5.74, 6) is 0. The van der Waals surface area contributed by atoms with Gasteiger partial charge in [-0.15, -0.1) is 0 Å². The van der Waals surface area contributed by atoms with Gasteiger partial charge in [-0.05, 0) is 104 Å². The third-order valence-corrected chi connectivity index (χ3v) is 11.0. The van der Waals surface area contributed by atoms with E-state index < -0.39 is 0 Å². The summed E-state index contributed by atoms with van der Waals surface area (Å²) < 4.78 is 0. The van der Waals surface area contributed by atoms with Crippen LogP contribution in [0.2, 0.25) is 0 Å². The average molecular weight is 699 g/mol. The Morgan fingerprint density at radius 3 is 1.78 bits per heavy atom. The third-order valence-electron chi connectivity index (χ3n) is 11.0. The van der Waals surface area contributed by atoms with E-state index in [-0.39, 0.29) is 16.9 Å². The second-order valence-corrected chi connectivity index (χ2v) is 15.8. The van der Waals surface area contributed by atoms with E-state index in [1.165, 1.54) is 32.7 Å². The van der Waals surface area contributed by atoms with E-state index in [4.69, 9.17) is 0 Å². The summed E-state index contributed by atoms with van der Waals surface area (Å²) in [5.41, 5.74) is 8.68. The lowest BCUT2D eigenvalue weighted by molar-refractivity contribution is 0.446. The van der Waals surface area contributed by atoms with Crippen LogP contribution in [0.3, 0.4) is 0 Å². The lowest BCUT2D eigenvalue weighted by atomic mass is 9.74. The third kappa shape index (κ3) is 6.07. The maximum Gasteiger partial charge on any atom is 0.0991 e. The zero-order valence-electron chi connectivity index (χ0n) is 31.4. The molecule has 8 aromatic carbocycles. The zero-order valence-corrected chi connectivity index (χ0v) is 31.4. The van der Waals surface area contributed by atoms with Crippen LogP contribution < -0.4 is 10.2 Å². The molecular weight excluding hydrogens is 657 g/mol. The van der Waals surface area contributed by atoms with Gasteiger partial charge in [0.1, 0.15) is 0 Å². The van der Waals surface area contributed by atoms with E-state index >= 15 is 0 Å². The summed E-state index contributed by atoms with van der Waals surface area (Å²) in [6, 6.07) is 57.7. The minimum Gasteiger partial charge on any atom is -0.377 e. The Kier molecular flexibility index (Phi) is 8.56. The topological polar surface area (TPSA) is 62.9 Å². The van der Waals surface area contributed by atoms with Crippen LogP contribution >= 0.6 is 0 Å². The summed E-state index contributed by atoms with van der Waals surface area (Å²) in [6.07, 6.45) is 0. The van der Waals surface area contributed by atoms with Gasteiger partial charge in [0, 0.05) is 33.2 Å². The molecule has 8 aromatic rings. The van der Waals surface area contributed by atoms with E-state index in [1.807, 2.05) is 42.5 Å². The fourth-order valence-electron chi connectivity index (χ4n) is 7.97. The molecule has 0 saturated heterocycles. The van der Waals surface area contributed by atoms with Crippen molar-refractivity contribution in [2.75, 3.05) is 10.2 Å². The maximum absolute atomic E-state index is 9.74. The molecule has 0 fully saturated rings. The summed E-state index contributed by atoms with van der Waals surface area (Å²) in [7, 11) is 0. The number of nitrogens with zero attached hydrogens (tertiary/aromatic N) is 3. The molecule has 0 spiro atoms. The number of hydrogen-bond donors (Lipinski definition) is 1. The quantitative estimate of drug-likeness (QED) is 0.160. The number of nitriles is 2. The van der Waals surface area contributed by atoms with Gasteiger partial charge in [0.25, 0.3) is 0 Å². The summed E-state index contributed by atoms with van der Waals surface area (Å²) in [5, 5.41) is 30.5. The molecule has 0 saturated carbocycles. The van der Waals surface area contributed by atoms with Crippen molar-refractivity contribution in [3.8, 4) is 12.1 Å². The van der Waals surface area contributed by atoms with Crippen LogP contribution in [0.15, 0.2) is 152 Å². The molecular formula is C50H42N4. The molecule has 0 aromatic heterocycles. The minimum atomic E-state index is -0.366. The molecule has 0 amide bonds. The predicted molar refractivity (Wildman–Crippen MR) is 225 cm³/mol. The Balaban J connectivity index is 1.31. The van der Waals surface area contributed by atoms with Crippen molar-refractivity contribution in [2.24, 2.45) is 0 Å². The standard InChI is InChI=1S/C50H42N4/c1-49(2,3)38-20-24-41(25-21-38)54(40-22-14-33(31-51)15-23-40)45-29-19-36-16-26-42-44(28-18-35-17-27-43(45)47(36)46(35)42)53-48(37-11-7-6-8-12-37)50(4,5)39-13-9-10-34(30-39)32-52/h6-30,48,53H,1-5H3. The molecule has 262 valence electrons. The molecule has 0 radical (unpaired) electrons. The van der Waals surface area contributed by atoms with Gasteiger partial charge in [0.2, 0.25) is 0 Å². The lowest BCUT2D eigenvalue weighted by Gasteiger charge is -2.37. The summed E-state index contributed by atoms with van der Waals surface area (Å²) in [6.45, 7) is 11.2. The Morgan fingerprint density at radius 2 is 1.13 bits per heavy atom. The van der Waals surface area contributed by atoms with E-state index in [2.05, 4.69) is 166 Å². The highest BCUT2D eigenvalue weighted by atomic mass is 15.1. The number of anilines is 4. The van der Waals surface area contributed by atoms with E-state index in [0.717, 1.165) is 39.1 Å². The highest BCUT2D eigenvalue weighted by Gasteiger charge is 2.33. The molecule has 0 aliphatic heterocycles. The number of benzene rings is 8. The van der Waals surface area contributed by atoms with Crippen molar-refractivity contribution >= 4 is 55.1 Å². The summed E-state index contributed by atoms with van der Waals surface area (Å²) in [4.78, 5) is 2.31. The number of rotatable bonds is 8. The first kappa shape index (κ1) is 34.5. The average Bonchev–Trinajstić information content (AvgIpc) is 3.20. The minimum absolute atomic E-state index is 0.0337. The first-order chi connectivity index (χ1) is 26.1. The Hall–Kier alpha value is -6.62. The largest absolute Gasteiger partial charge is 0.377 e. The van der Waals surface area contributed by atoms with Crippen molar-refractivity contribution in [3.05, 3.63) is 179 Å². The smallest absolute Gasteiger partial charge is 0.0991 e. The fourth-order valence-corrected chi connectivity index (χ4v) is 7.97. The van der Waals surface area contributed by atoms with Crippen molar-refractivity contribution in [1.82, 2.24) is 0 Å². The summed E-state index contributed by atoms with van der Waals surface area (Å²) >= 11 is 0. The second-order valence-electron chi connectivity index (χ2n) is 15.8. The van der Waals surface area contributed by atoms with Crippen LogP contribution in [-0.2, 0) is 10.8 Å². The predicted octanol–water partition coefficient (Wildman–Crippen LogP) is 13.2. The van der Waals surface area contributed by atoms with Crippen molar-refractivity contribution < 1.29 is 0 Å². The fraction of sp³-hybridized carbons (Fsp3) is 0.160. The highest BCUT2D eigenvalue weighted by Crippen LogP contribution is 2.47. The Labute approximate surface area is 317 Å². The molecule has 0 bridgehead atoms. The van der Waals surface area contributed by atoms with Crippen LogP contribution in [0.25, 0.3) is 32.3 Å². The van der Waals surface area contributed by atoms with Gasteiger partial charge in [0.05, 0.1) is 35.0 Å². The van der Waals surface area contributed by atoms with E-state index in [9.17, 15) is 10.5 Å². The van der Waals surface area contributed by atoms with Gasteiger partial charge >= 0.3 is 0 Å². The van der Waals surface area contributed by atoms with Crippen molar-refractivity contribution in [2.45, 2.75) is 51.5 Å². The monoisotopic (exact) mass is 698 g/mol. The van der Waals surface area contributed by atoms with Gasteiger partial charge in [0.15, 0.2) is 0 Å². The second kappa shape index (κ2) is 13.4. The van der Waals surface area contributed by atoms with Crippen LogP contribution in [0.5, 0.6) is 0 Å². The molecule has 1 unspecified atom stereocenters. The molecule has 1 N–H and O–H groups in total. The van der Waals surface area contributed by atoms with Gasteiger partial charge in [-0.3, -0.25) is 0 Å². The molecule has 0 aliphatic carbocycles. The Morgan fingerprint density at radius 1 is 0.537 bits per heavy atom. The highest BCUT2D eigenvalue weighted by molar-refractivity contribution is 6.27. The molecule has 54 heavy (non-hydrogen) atoms. The molecule has 8 rings (SSSR count). The van der Waals surface area contributed by atoms with Crippen molar-refractivity contribution in [1.29, 1.82) is 10.5 Å². The molecule has 1 atom stereocenters. The number of nitrogens with one attached hydrogen (secondary N) is 1. The SMILES string of the molecule is CC(C)(C)c1ccc(N(c2ccc(C#N)cc2)c2ccc3ccc4c(NC(c5ccccc5)C(C)(C)c5cccc(C#N)c5)ccc5ccc2c3c54)cc1. The molecule has 4 heteroatoms. The number of hydrogen-bond acceptors (Lipinski definition) is 4. The zero-order chi connectivity index (χ0) is 37.6.